The number of nitrogens with zero attached hydrogens (tertiary/aromatic N) is 3. The van der Waals surface area contributed by atoms with Crippen LogP contribution >= 0.6 is 0 Å². The molecule has 1 N–H and O–H groups in total. The third-order valence-corrected chi connectivity index (χ3v) is 4.19. The molecule has 0 radical (unpaired) electrons. The number of H-pyrrole nitrogens is 1. The van der Waals surface area contributed by atoms with Crippen molar-refractivity contribution >= 4 is 16.9 Å². The van der Waals surface area contributed by atoms with Crippen LogP contribution in [0.1, 0.15) is 22.1 Å². The van der Waals surface area contributed by atoms with E-state index in [9.17, 15) is 4.79 Å². The smallest absolute Gasteiger partial charge is 0.276 e. The third kappa shape index (κ3) is 2.97. The van der Waals surface area contributed by atoms with Crippen molar-refractivity contribution in [3.8, 4) is 11.5 Å². The summed E-state index contributed by atoms with van der Waals surface area (Å²) in [6, 6.07) is 17.3. The second kappa shape index (κ2) is 6.48. The highest BCUT2D eigenvalue weighted by Crippen LogP contribution is 2.22. The maximum absolute atomic E-state index is 12.8. The maximum Gasteiger partial charge on any atom is 0.276 e. The van der Waals surface area contributed by atoms with Gasteiger partial charge in [0.1, 0.15) is 11.6 Å². The summed E-state index contributed by atoms with van der Waals surface area (Å²) in [7, 11) is 1.73. The second-order valence-electron chi connectivity index (χ2n) is 6.15. The fourth-order valence-corrected chi connectivity index (χ4v) is 2.86. The van der Waals surface area contributed by atoms with Crippen molar-refractivity contribution in [2.24, 2.45) is 0 Å². The lowest BCUT2D eigenvalue weighted by Crippen LogP contribution is -2.27. The molecule has 26 heavy (non-hydrogen) atoms. The van der Waals surface area contributed by atoms with Crippen LogP contribution in [0.5, 0.6) is 0 Å². The first-order valence-electron chi connectivity index (χ1n) is 8.34. The first-order valence-corrected chi connectivity index (χ1v) is 8.34. The number of hydrogen-bond donors (Lipinski definition) is 1. The van der Waals surface area contributed by atoms with Gasteiger partial charge in [0.2, 0.25) is 5.89 Å². The van der Waals surface area contributed by atoms with Crippen LogP contribution in [0.3, 0.4) is 0 Å². The number of aromatic nitrogens is 3. The summed E-state index contributed by atoms with van der Waals surface area (Å²) in [5.41, 5.74) is 3.00. The van der Waals surface area contributed by atoms with Crippen molar-refractivity contribution in [1.82, 2.24) is 19.9 Å². The van der Waals surface area contributed by atoms with Crippen molar-refractivity contribution < 1.29 is 9.21 Å². The summed E-state index contributed by atoms with van der Waals surface area (Å²) in [4.78, 5) is 26.5. The van der Waals surface area contributed by atoms with Gasteiger partial charge in [-0.1, -0.05) is 30.3 Å². The van der Waals surface area contributed by atoms with Crippen LogP contribution in [-0.2, 0) is 6.54 Å². The Balaban J connectivity index is 1.56. The number of para-hydroxylation sites is 2. The summed E-state index contributed by atoms with van der Waals surface area (Å²) < 4.78 is 5.69. The Morgan fingerprint density at radius 2 is 1.81 bits per heavy atom. The van der Waals surface area contributed by atoms with Crippen LogP contribution in [0.15, 0.2) is 59.0 Å². The predicted octanol–water partition coefficient (Wildman–Crippen LogP) is 3.80. The Kier molecular flexibility index (Phi) is 4.01. The van der Waals surface area contributed by atoms with E-state index in [-0.39, 0.29) is 5.91 Å². The Morgan fingerprint density at radius 1 is 1.08 bits per heavy atom. The van der Waals surface area contributed by atoms with Gasteiger partial charge >= 0.3 is 0 Å². The first kappa shape index (κ1) is 16.1. The molecule has 0 aliphatic rings. The molecule has 0 bridgehead atoms. The summed E-state index contributed by atoms with van der Waals surface area (Å²) in [6.45, 7) is 2.11. The fourth-order valence-electron chi connectivity index (χ4n) is 2.86. The standard InChI is InChI=1S/C20H18N4O2/c1-13-18(23-19(26-13)14-8-4-3-5-9-14)20(25)24(2)12-17-21-15-10-6-7-11-16(15)22-17/h3-11H,12H2,1-2H3,(H,21,22). The average molecular weight is 346 g/mol. The SMILES string of the molecule is Cc1oc(-c2ccccc2)nc1C(=O)N(C)Cc1nc2ccccc2[nH]1. The minimum absolute atomic E-state index is 0.200. The van der Waals surface area contributed by atoms with Crippen LogP contribution in [0.2, 0.25) is 0 Å². The number of amides is 1. The summed E-state index contributed by atoms with van der Waals surface area (Å²) >= 11 is 0. The molecule has 6 heteroatoms. The molecule has 0 saturated carbocycles. The van der Waals surface area contributed by atoms with E-state index < -0.39 is 0 Å². The molecule has 0 spiro atoms. The molecule has 0 aliphatic carbocycles. The van der Waals surface area contributed by atoms with Gasteiger partial charge in [-0.15, -0.1) is 0 Å². The zero-order valence-corrected chi connectivity index (χ0v) is 14.6. The van der Waals surface area contributed by atoms with Gasteiger partial charge in [0.25, 0.3) is 5.91 Å². The molecule has 2 aromatic carbocycles. The number of aryl methyl sites for hydroxylation is 1. The van der Waals surface area contributed by atoms with Crippen LogP contribution in [0.4, 0.5) is 0 Å². The number of oxazole rings is 1. The molecule has 130 valence electrons. The highest BCUT2D eigenvalue weighted by molar-refractivity contribution is 5.93. The number of hydrogen-bond acceptors (Lipinski definition) is 4. The minimum Gasteiger partial charge on any atom is -0.441 e. The largest absolute Gasteiger partial charge is 0.441 e. The van der Waals surface area contributed by atoms with Crippen LogP contribution in [0, 0.1) is 6.92 Å². The molecule has 0 aliphatic heterocycles. The number of imidazole rings is 1. The van der Waals surface area contributed by atoms with E-state index in [0.717, 1.165) is 22.4 Å². The summed E-state index contributed by atoms with van der Waals surface area (Å²) in [6.07, 6.45) is 0. The Labute approximate surface area is 150 Å². The van der Waals surface area contributed by atoms with Gasteiger partial charge in [-0.05, 0) is 31.2 Å². The number of rotatable bonds is 4. The normalized spacial score (nSPS) is 11.0. The van der Waals surface area contributed by atoms with E-state index in [1.54, 1.807) is 18.9 Å². The fraction of sp³-hybridized carbons (Fsp3) is 0.150. The molecule has 2 aromatic heterocycles. The topological polar surface area (TPSA) is 75.0 Å². The molecule has 0 unspecified atom stereocenters. The molecule has 0 fully saturated rings. The van der Waals surface area contributed by atoms with Crippen molar-refractivity contribution in [3.05, 3.63) is 71.9 Å². The van der Waals surface area contributed by atoms with Gasteiger partial charge in [-0.25, -0.2) is 9.97 Å². The first-order chi connectivity index (χ1) is 12.6. The van der Waals surface area contributed by atoms with Gasteiger partial charge in [0.05, 0.1) is 17.6 Å². The zero-order valence-electron chi connectivity index (χ0n) is 14.6. The molecular formula is C20H18N4O2. The number of fused-ring (bicyclic) bond motifs is 1. The minimum atomic E-state index is -0.200. The molecule has 2 heterocycles. The Hall–Kier alpha value is -3.41. The van der Waals surface area contributed by atoms with Crippen LogP contribution in [0.25, 0.3) is 22.5 Å². The lowest BCUT2D eigenvalue weighted by molar-refractivity contribution is 0.0775. The van der Waals surface area contributed by atoms with Gasteiger partial charge in [-0.2, -0.15) is 0 Å². The Bertz CT molecular complexity index is 1030. The summed E-state index contributed by atoms with van der Waals surface area (Å²) in [5, 5.41) is 0. The number of carbonyl (C=O) groups excluding carboxylic acids is 1. The van der Waals surface area contributed by atoms with Gasteiger partial charge < -0.3 is 14.3 Å². The molecule has 1 amide bonds. The number of aromatic amines is 1. The lowest BCUT2D eigenvalue weighted by Gasteiger charge is -2.14. The zero-order chi connectivity index (χ0) is 18.1. The van der Waals surface area contributed by atoms with Crippen molar-refractivity contribution in [1.29, 1.82) is 0 Å². The quantitative estimate of drug-likeness (QED) is 0.610. The lowest BCUT2D eigenvalue weighted by atomic mass is 10.2. The average Bonchev–Trinajstić information content (AvgIpc) is 3.24. The van der Waals surface area contributed by atoms with E-state index in [2.05, 4.69) is 15.0 Å². The highest BCUT2D eigenvalue weighted by atomic mass is 16.4. The van der Waals surface area contributed by atoms with E-state index >= 15 is 0 Å². The molecule has 4 aromatic rings. The van der Waals surface area contributed by atoms with Gasteiger partial charge in [-0.3, -0.25) is 4.79 Å². The third-order valence-electron chi connectivity index (χ3n) is 4.19. The monoisotopic (exact) mass is 346 g/mol. The van der Waals surface area contributed by atoms with Crippen molar-refractivity contribution in [3.63, 3.8) is 0 Å². The van der Waals surface area contributed by atoms with E-state index in [1.165, 1.54) is 0 Å². The number of benzene rings is 2. The van der Waals surface area contributed by atoms with Gasteiger partial charge in [0, 0.05) is 12.6 Å². The number of nitrogens with one attached hydrogen (secondary N) is 1. The van der Waals surface area contributed by atoms with E-state index in [0.29, 0.717) is 23.9 Å². The molecule has 6 nitrogen and oxygen atoms in total. The van der Waals surface area contributed by atoms with Crippen LogP contribution < -0.4 is 0 Å². The predicted molar refractivity (Wildman–Crippen MR) is 98.6 cm³/mol. The molecule has 4 rings (SSSR count). The van der Waals surface area contributed by atoms with Crippen molar-refractivity contribution in [2.45, 2.75) is 13.5 Å². The number of carbonyl (C=O) groups is 1. The molecule has 0 atom stereocenters. The summed E-state index contributed by atoms with van der Waals surface area (Å²) in [5.74, 6) is 1.48. The van der Waals surface area contributed by atoms with E-state index in [1.807, 2.05) is 54.6 Å². The Morgan fingerprint density at radius 3 is 2.58 bits per heavy atom. The van der Waals surface area contributed by atoms with Crippen LogP contribution in [-0.4, -0.2) is 32.8 Å². The van der Waals surface area contributed by atoms with Gasteiger partial charge in [0.15, 0.2) is 5.69 Å². The molecule has 0 saturated heterocycles. The second-order valence-corrected chi connectivity index (χ2v) is 6.15. The highest BCUT2D eigenvalue weighted by Gasteiger charge is 2.22. The van der Waals surface area contributed by atoms with Crippen molar-refractivity contribution in [2.75, 3.05) is 7.05 Å². The maximum atomic E-state index is 12.8. The molecular weight excluding hydrogens is 328 g/mol. The van der Waals surface area contributed by atoms with E-state index in [4.69, 9.17) is 4.42 Å².